The maximum atomic E-state index is 12.4. The lowest BCUT2D eigenvalue weighted by Crippen LogP contribution is -2.44. The van der Waals surface area contributed by atoms with E-state index >= 15 is 0 Å². The molecule has 1 amide bonds. The van der Waals surface area contributed by atoms with Gasteiger partial charge in [-0.05, 0) is 51.3 Å². The zero-order valence-electron chi connectivity index (χ0n) is 17.0. The third-order valence-electron chi connectivity index (χ3n) is 3.92. The van der Waals surface area contributed by atoms with Crippen LogP contribution in [0.1, 0.15) is 53.0 Å². The molecule has 0 aliphatic rings. The summed E-state index contributed by atoms with van der Waals surface area (Å²) in [5, 5.41) is 3.31. The standard InChI is InChI=1S/C21H27NO6/c1-6-8-13-11-18(23)27-17-12-14(9-10-15(13)17)26-19(24)16(7-2)22-20(25)28-21(3,4)5/h9-12,16H,6-8H2,1-5H3,(H,22,25). The molecule has 0 aliphatic heterocycles. The van der Waals surface area contributed by atoms with Crippen molar-refractivity contribution in [3.05, 3.63) is 40.2 Å². The number of ether oxygens (including phenoxy) is 2. The van der Waals surface area contributed by atoms with Gasteiger partial charge < -0.3 is 19.2 Å². The van der Waals surface area contributed by atoms with E-state index in [1.54, 1.807) is 39.8 Å². The third-order valence-corrected chi connectivity index (χ3v) is 3.92. The number of carbonyl (C=O) groups is 2. The molecule has 7 nitrogen and oxygen atoms in total. The second-order valence-corrected chi connectivity index (χ2v) is 7.53. The number of hydrogen-bond donors (Lipinski definition) is 1. The number of alkyl carbamates (subject to hydrolysis) is 1. The van der Waals surface area contributed by atoms with Crippen molar-refractivity contribution < 1.29 is 23.5 Å². The molecule has 2 rings (SSSR count). The molecule has 2 aromatic rings. The van der Waals surface area contributed by atoms with Crippen LogP contribution < -0.4 is 15.7 Å². The SMILES string of the molecule is CCCc1cc(=O)oc2cc(OC(=O)C(CC)NC(=O)OC(C)(C)C)ccc12. The maximum Gasteiger partial charge on any atom is 0.408 e. The fourth-order valence-corrected chi connectivity index (χ4v) is 2.71. The molecular formula is C21H27NO6. The average Bonchev–Trinajstić information content (AvgIpc) is 2.57. The van der Waals surface area contributed by atoms with E-state index in [1.165, 1.54) is 12.1 Å². The van der Waals surface area contributed by atoms with E-state index in [0.717, 1.165) is 23.8 Å². The van der Waals surface area contributed by atoms with Crippen molar-refractivity contribution in [3.63, 3.8) is 0 Å². The average molecular weight is 389 g/mol. The molecule has 0 bridgehead atoms. The summed E-state index contributed by atoms with van der Waals surface area (Å²) >= 11 is 0. The van der Waals surface area contributed by atoms with Gasteiger partial charge in [0.05, 0.1) is 0 Å². The monoisotopic (exact) mass is 389 g/mol. The van der Waals surface area contributed by atoms with Gasteiger partial charge in [0.15, 0.2) is 0 Å². The Bertz CT molecular complexity index is 909. The maximum absolute atomic E-state index is 12.4. The van der Waals surface area contributed by atoms with Crippen LogP contribution in [0.25, 0.3) is 11.0 Å². The van der Waals surface area contributed by atoms with Gasteiger partial charge in [-0.2, -0.15) is 0 Å². The molecule has 1 aromatic carbocycles. The summed E-state index contributed by atoms with van der Waals surface area (Å²) < 4.78 is 15.8. The van der Waals surface area contributed by atoms with Crippen LogP contribution in [-0.4, -0.2) is 23.7 Å². The highest BCUT2D eigenvalue weighted by atomic mass is 16.6. The second kappa shape index (κ2) is 8.91. The first kappa shape index (κ1) is 21.5. The van der Waals surface area contributed by atoms with E-state index in [9.17, 15) is 14.4 Å². The van der Waals surface area contributed by atoms with Crippen LogP contribution in [0, 0.1) is 0 Å². The Morgan fingerprint density at radius 2 is 1.89 bits per heavy atom. The van der Waals surface area contributed by atoms with Crippen LogP contribution in [-0.2, 0) is 16.0 Å². The van der Waals surface area contributed by atoms with Crippen LogP contribution in [0.2, 0.25) is 0 Å². The first-order chi connectivity index (χ1) is 13.1. The summed E-state index contributed by atoms with van der Waals surface area (Å²) in [7, 11) is 0. The number of benzene rings is 1. The Morgan fingerprint density at radius 3 is 2.50 bits per heavy atom. The van der Waals surface area contributed by atoms with Crippen molar-refractivity contribution in [2.45, 2.75) is 65.5 Å². The summed E-state index contributed by atoms with van der Waals surface area (Å²) in [6, 6.07) is 5.53. The number of esters is 1. The molecule has 0 saturated heterocycles. The summed E-state index contributed by atoms with van der Waals surface area (Å²) in [6.07, 6.45) is 1.29. The van der Waals surface area contributed by atoms with Crippen molar-refractivity contribution in [2.24, 2.45) is 0 Å². The Morgan fingerprint density at radius 1 is 1.18 bits per heavy atom. The van der Waals surface area contributed by atoms with Gasteiger partial charge in [0.25, 0.3) is 0 Å². The van der Waals surface area contributed by atoms with Gasteiger partial charge >= 0.3 is 17.7 Å². The minimum absolute atomic E-state index is 0.235. The zero-order valence-corrected chi connectivity index (χ0v) is 17.0. The Labute approximate surface area is 164 Å². The van der Waals surface area contributed by atoms with Crippen LogP contribution in [0.4, 0.5) is 4.79 Å². The summed E-state index contributed by atoms with van der Waals surface area (Å²) in [5.74, 6) is -0.390. The minimum Gasteiger partial charge on any atom is -0.444 e. The summed E-state index contributed by atoms with van der Waals surface area (Å²) in [5.41, 5.74) is 0.134. The van der Waals surface area contributed by atoms with Crippen molar-refractivity contribution in [3.8, 4) is 5.75 Å². The fraction of sp³-hybridized carbons (Fsp3) is 0.476. The third kappa shape index (κ3) is 5.84. The quantitative estimate of drug-likeness (QED) is 0.457. The lowest BCUT2D eigenvalue weighted by atomic mass is 10.1. The van der Waals surface area contributed by atoms with Gasteiger partial charge in [-0.15, -0.1) is 0 Å². The number of hydrogen-bond acceptors (Lipinski definition) is 6. The van der Waals surface area contributed by atoms with Crippen LogP contribution >= 0.6 is 0 Å². The molecule has 152 valence electrons. The number of nitrogens with one attached hydrogen (secondary N) is 1. The van der Waals surface area contributed by atoms with Gasteiger partial charge in [0.2, 0.25) is 0 Å². The molecular weight excluding hydrogens is 362 g/mol. The van der Waals surface area contributed by atoms with E-state index in [-0.39, 0.29) is 5.75 Å². The van der Waals surface area contributed by atoms with Crippen molar-refractivity contribution in [1.29, 1.82) is 0 Å². The lowest BCUT2D eigenvalue weighted by molar-refractivity contribution is -0.136. The summed E-state index contributed by atoms with van der Waals surface area (Å²) in [4.78, 5) is 36.1. The van der Waals surface area contributed by atoms with Crippen LogP contribution in [0.15, 0.2) is 33.5 Å². The van der Waals surface area contributed by atoms with E-state index in [4.69, 9.17) is 13.9 Å². The van der Waals surface area contributed by atoms with Crippen LogP contribution in [0.3, 0.4) is 0 Å². The molecule has 0 fully saturated rings. The fourth-order valence-electron chi connectivity index (χ4n) is 2.71. The van der Waals surface area contributed by atoms with Crippen LogP contribution in [0.5, 0.6) is 5.75 Å². The van der Waals surface area contributed by atoms with Gasteiger partial charge in [-0.25, -0.2) is 14.4 Å². The highest BCUT2D eigenvalue weighted by Gasteiger charge is 2.24. The van der Waals surface area contributed by atoms with E-state index in [2.05, 4.69) is 5.32 Å². The molecule has 7 heteroatoms. The second-order valence-electron chi connectivity index (χ2n) is 7.53. The topological polar surface area (TPSA) is 94.8 Å². The first-order valence-corrected chi connectivity index (χ1v) is 9.41. The molecule has 0 radical (unpaired) electrons. The first-order valence-electron chi connectivity index (χ1n) is 9.41. The Balaban J connectivity index is 2.17. The van der Waals surface area contributed by atoms with E-state index < -0.39 is 29.3 Å². The molecule has 1 atom stereocenters. The molecule has 1 aromatic heterocycles. The van der Waals surface area contributed by atoms with Gasteiger partial charge in [0, 0.05) is 17.5 Å². The predicted octanol–water partition coefficient (Wildman–Crippen LogP) is 3.95. The van der Waals surface area contributed by atoms with Crippen molar-refractivity contribution in [2.75, 3.05) is 0 Å². The predicted molar refractivity (Wildman–Crippen MR) is 106 cm³/mol. The number of aryl methyl sites for hydroxylation is 1. The molecule has 1 unspecified atom stereocenters. The zero-order chi connectivity index (χ0) is 20.9. The van der Waals surface area contributed by atoms with Crippen molar-refractivity contribution >= 4 is 23.0 Å². The lowest BCUT2D eigenvalue weighted by Gasteiger charge is -2.22. The molecule has 0 aliphatic carbocycles. The van der Waals surface area contributed by atoms with Gasteiger partial charge in [0.1, 0.15) is 23.0 Å². The summed E-state index contributed by atoms with van der Waals surface area (Å²) in [6.45, 7) is 8.99. The Hall–Kier alpha value is -2.83. The van der Waals surface area contributed by atoms with Gasteiger partial charge in [-0.1, -0.05) is 20.3 Å². The van der Waals surface area contributed by atoms with Crippen molar-refractivity contribution in [1.82, 2.24) is 5.32 Å². The Kier molecular flexibility index (Phi) is 6.83. The van der Waals surface area contributed by atoms with E-state index in [1.807, 2.05) is 6.92 Å². The number of carbonyl (C=O) groups excluding carboxylic acids is 2. The van der Waals surface area contributed by atoms with Gasteiger partial charge in [-0.3, -0.25) is 0 Å². The molecule has 1 N–H and O–H groups in total. The largest absolute Gasteiger partial charge is 0.444 e. The highest BCUT2D eigenvalue weighted by Crippen LogP contribution is 2.24. The molecule has 0 saturated carbocycles. The highest BCUT2D eigenvalue weighted by molar-refractivity contribution is 5.85. The number of fused-ring (bicyclic) bond motifs is 1. The molecule has 1 heterocycles. The normalized spacial score (nSPS) is 12.5. The van der Waals surface area contributed by atoms with E-state index in [0.29, 0.717) is 12.0 Å². The number of amides is 1. The smallest absolute Gasteiger partial charge is 0.408 e. The number of rotatable bonds is 6. The molecule has 0 spiro atoms. The minimum atomic E-state index is -0.857. The molecule has 28 heavy (non-hydrogen) atoms.